The molecule has 1 N–H and O–H groups in total. The SMILES string of the molecule is Cl.O=C(CC1COCCN1)N(Cc1ccccc1)Cc1ccccc1F. The fourth-order valence-electron chi connectivity index (χ4n) is 2.96. The van der Waals surface area contributed by atoms with Gasteiger partial charge in [0.1, 0.15) is 5.82 Å². The summed E-state index contributed by atoms with van der Waals surface area (Å²) in [5.74, 6) is -0.289. The predicted octanol–water partition coefficient (Wildman–Crippen LogP) is 3.15. The van der Waals surface area contributed by atoms with Crippen molar-refractivity contribution in [3.63, 3.8) is 0 Å². The second kappa shape index (κ2) is 10.3. The van der Waals surface area contributed by atoms with Gasteiger partial charge in [0.2, 0.25) is 5.91 Å². The lowest BCUT2D eigenvalue weighted by molar-refractivity contribution is -0.133. The van der Waals surface area contributed by atoms with Gasteiger partial charge in [-0.2, -0.15) is 0 Å². The van der Waals surface area contributed by atoms with Gasteiger partial charge in [0.15, 0.2) is 0 Å². The number of carbonyl (C=O) groups excluding carboxylic acids is 1. The molecule has 1 fully saturated rings. The highest BCUT2D eigenvalue weighted by molar-refractivity contribution is 5.85. The minimum Gasteiger partial charge on any atom is -0.378 e. The summed E-state index contributed by atoms with van der Waals surface area (Å²) in [6.07, 6.45) is 0.348. The summed E-state index contributed by atoms with van der Waals surface area (Å²) in [5.41, 5.74) is 1.56. The third kappa shape index (κ3) is 5.80. The van der Waals surface area contributed by atoms with E-state index in [1.807, 2.05) is 30.3 Å². The molecular formula is C20H24ClFN2O2. The number of nitrogens with one attached hydrogen (secondary N) is 1. The monoisotopic (exact) mass is 378 g/mol. The van der Waals surface area contributed by atoms with Crippen LogP contribution in [0.25, 0.3) is 0 Å². The molecule has 1 atom stereocenters. The number of benzene rings is 2. The number of rotatable bonds is 6. The lowest BCUT2D eigenvalue weighted by atomic mass is 10.1. The van der Waals surface area contributed by atoms with Crippen LogP contribution in [0, 0.1) is 5.82 Å². The number of ether oxygens (including phenoxy) is 1. The molecule has 26 heavy (non-hydrogen) atoms. The molecule has 1 amide bonds. The highest BCUT2D eigenvalue weighted by Crippen LogP contribution is 2.15. The van der Waals surface area contributed by atoms with E-state index in [2.05, 4.69) is 5.32 Å². The van der Waals surface area contributed by atoms with Crippen LogP contribution >= 0.6 is 12.4 Å². The molecule has 1 unspecified atom stereocenters. The van der Waals surface area contributed by atoms with Crippen molar-refractivity contribution in [3.05, 3.63) is 71.5 Å². The molecule has 1 aliphatic rings. The molecule has 0 spiro atoms. The molecule has 0 radical (unpaired) electrons. The number of halogens is 2. The minimum atomic E-state index is -0.285. The molecule has 0 aromatic heterocycles. The Bertz CT molecular complexity index is 693. The molecule has 3 rings (SSSR count). The number of nitrogens with zero attached hydrogens (tertiary/aromatic N) is 1. The first-order valence-corrected chi connectivity index (χ1v) is 8.58. The van der Waals surface area contributed by atoms with Gasteiger partial charge in [-0.25, -0.2) is 4.39 Å². The van der Waals surface area contributed by atoms with Gasteiger partial charge in [-0.05, 0) is 11.6 Å². The second-order valence-electron chi connectivity index (χ2n) is 6.26. The van der Waals surface area contributed by atoms with Gasteiger partial charge < -0.3 is 15.0 Å². The highest BCUT2D eigenvalue weighted by atomic mass is 35.5. The van der Waals surface area contributed by atoms with E-state index in [1.54, 1.807) is 23.1 Å². The molecule has 2 aromatic carbocycles. The summed E-state index contributed by atoms with van der Waals surface area (Å²) >= 11 is 0. The first-order chi connectivity index (χ1) is 12.2. The van der Waals surface area contributed by atoms with Crippen molar-refractivity contribution in [3.8, 4) is 0 Å². The van der Waals surface area contributed by atoms with Crippen molar-refractivity contribution in [1.82, 2.24) is 10.2 Å². The van der Waals surface area contributed by atoms with E-state index < -0.39 is 0 Å². The van der Waals surface area contributed by atoms with Gasteiger partial charge >= 0.3 is 0 Å². The third-order valence-electron chi connectivity index (χ3n) is 4.31. The summed E-state index contributed by atoms with van der Waals surface area (Å²) in [7, 11) is 0. The molecule has 0 aliphatic carbocycles. The Hall–Kier alpha value is -1.95. The Kier molecular flexibility index (Phi) is 8.04. The van der Waals surface area contributed by atoms with Gasteiger partial charge in [0.25, 0.3) is 0 Å². The van der Waals surface area contributed by atoms with Crippen LogP contribution in [0.2, 0.25) is 0 Å². The Balaban J connectivity index is 0.00000243. The Morgan fingerprint density at radius 2 is 1.85 bits per heavy atom. The Morgan fingerprint density at radius 1 is 1.12 bits per heavy atom. The smallest absolute Gasteiger partial charge is 0.224 e. The number of hydrogen-bond donors (Lipinski definition) is 1. The molecule has 1 heterocycles. The van der Waals surface area contributed by atoms with Crippen LogP contribution in [-0.4, -0.2) is 36.6 Å². The van der Waals surface area contributed by atoms with Crippen LogP contribution in [0.1, 0.15) is 17.5 Å². The van der Waals surface area contributed by atoms with Crippen LogP contribution in [-0.2, 0) is 22.6 Å². The van der Waals surface area contributed by atoms with E-state index in [4.69, 9.17) is 4.74 Å². The zero-order valence-corrected chi connectivity index (χ0v) is 15.4. The summed E-state index contributed by atoms with van der Waals surface area (Å²) in [6.45, 7) is 2.68. The highest BCUT2D eigenvalue weighted by Gasteiger charge is 2.22. The van der Waals surface area contributed by atoms with Crippen molar-refractivity contribution in [2.45, 2.75) is 25.6 Å². The zero-order valence-electron chi connectivity index (χ0n) is 14.6. The quantitative estimate of drug-likeness (QED) is 0.839. The third-order valence-corrected chi connectivity index (χ3v) is 4.31. The predicted molar refractivity (Wildman–Crippen MR) is 102 cm³/mol. The van der Waals surface area contributed by atoms with E-state index in [0.29, 0.717) is 31.7 Å². The summed E-state index contributed by atoms with van der Waals surface area (Å²) < 4.78 is 19.5. The largest absolute Gasteiger partial charge is 0.378 e. The van der Waals surface area contributed by atoms with E-state index in [1.165, 1.54) is 6.07 Å². The van der Waals surface area contributed by atoms with Crippen LogP contribution in [0.15, 0.2) is 54.6 Å². The summed E-state index contributed by atoms with van der Waals surface area (Å²) in [6, 6.07) is 16.4. The number of morpholine rings is 1. The van der Waals surface area contributed by atoms with Crippen LogP contribution in [0.3, 0.4) is 0 Å². The summed E-state index contributed by atoms with van der Waals surface area (Å²) in [4.78, 5) is 14.6. The maximum Gasteiger partial charge on any atom is 0.224 e. The van der Waals surface area contributed by atoms with Crippen molar-refractivity contribution < 1.29 is 13.9 Å². The average Bonchev–Trinajstić information content (AvgIpc) is 2.64. The van der Waals surface area contributed by atoms with Crippen LogP contribution < -0.4 is 5.32 Å². The van der Waals surface area contributed by atoms with E-state index in [0.717, 1.165) is 12.1 Å². The Labute approximate surface area is 159 Å². The molecule has 6 heteroatoms. The lowest BCUT2D eigenvalue weighted by Gasteiger charge is -2.28. The molecule has 4 nitrogen and oxygen atoms in total. The standard InChI is InChI=1S/C20H23FN2O2.ClH/c21-19-9-5-4-8-17(19)14-23(13-16-6-2-1-3-7-16)20(24)12-18-15-25-11-10-22-18;/h1-9,18,22H,10-15H2;1H. The van der Waals surface area contributed by atoms with Gasteiger partial charge in [0.05, 0.1) is 13.2 Å². The van der Waals surface area contributed by atoms with Gasteiger partial charge in [-0.3, -0.25) is 4.79 Å². The molecule has 0 saturated carbocycles. The number of hydrogen-bond acceptors (Lipinski definition) is 3. The van der Waals surface area contributed by atoms with Gasteiger partial charge in [-0.15, -0.1) is 12.4 Å². The molecule has 1 saturated heterocycles. The minimum absolute atomic E-state index is 0. The average molecular weight is 379 g/mol. The summed E-state index contributed by atoms with van der Waals surface area (Å²) in [5, 5.41) is 3.30. The molecular weight excluding hydrogens is 355 g/mol. The molecule has 2 aromatic rings. The lowest BCUT2D eigenvalue weighted by Crippen LogP contribution is -2.45. The number of amides is 1. The Morgan fingerprint density at radius 3 is 2.54 bits per heavy atom. The van der Waals surface area contributed by atoms with E-state index >= 15 is 0 Å². The van der Waals surface area contributed by atoms with E-state index in [9.17, 15) is 9.18 Å². The van der Waals surface area contributed by atoms with Gasteiger partial charge in [-0.1, -0.05) is 48.5 Å². The maximum absolute atomic E-state index is 14.0. The first kappa shape index (κ1) is 20.4. The maximum atomic E-state index is 14.0. The van der Waals surface area contributed by atoms with Crippen molar-refractivity contribution >= 4 is 18.3 Å². The normalized spacial score (nSPS) is 16.6. The molecule has 140 valence electrons. The second-order valence-corrected chi connectivity index (χ2v) is 6.26. The zero-order chi connectivity index (χ0) is 17.5. The fraction of sp³-hybridized carbons (Fsp3) is 0.350. The van der Waals surface area contributed by atoms with E-state index in [-0.39, 0.29) is 36.7 Å². The molecule has 1 aliphatic heterocycles. The van der Waals surface area contributed by atoms with Crippen molar-refractivity contribution in [2.24, 2.45) is 0 Å². The fourth-order valence-corrected chi connectivity index (χ4v) is 2.96. The van der Waals surface area contributed by atoms with Gasteiger partial charge in [0, 0.05) is 37.7 Å². The van der Waals surface area contributed by atoms with Crippen LogP contribution in [0.4, 0.5) is 4.39 Å². The number of carbonyl (C=O) groups is 1. The topological polar surface area (TPSA) is 41.6 Å². The van der Waals surface area contributed by atoms with Crippen molar-refractivity contribution in [2.75, 3.05) is 19.8 Å². The van der Waals surface area contributed by atoms with Crippen molar-refractivity contribution in [1.29, 1.82) is 0 Å². The first-order valence-electron chi connectivity index (χ1n) is 8.58. The van der Waals surface area contributed by atoms with Crippen LogP contribution in [0.5, 0.6) is 0 Å². The molecule has 0 bridgehead atoms.